The summed E-state index contributed by atoms with van der Waals surface area (Å²) in [6.07, 6.45) is 0.958. The maximum atomic E-state index is 12.2. The first-order valence-electron chi connectivity index (χ1n) is 19.4. The Morgan fingerprint density at radius 1 is 0.429 bits per heavy atom. The van der Waals surface area contributed by atoms with Crippen LogP contribution in [0.25, 0.3) is 0 Å². The van der Waals surface area contributed by atoms with Crippen LogP contribution in [0.3, 0.4) is 0 Å². The van der Waals surface area contributed by atoms with Gasteiger partial charge in [-0.05, 0) is 88.4 Å². The maximum absolute atomic E-state index is 12.2. The number of hydrogen-bond acceptors (Lipinski definition) is 6. The number of benzene rings is 4. The number of carboxylic acids is 2. The van der Waals surface area contributed by atoms with Gasteiger partial charge in [-0.15, -0.1) is 0 Å². The Hall–Kier alpha value is -4.98. The van der Waals surface area contributed by atoms with Crippen LogP contribution in [-0.2, 0) is 56.9 Å². The van der Waals surface area contributed by atoms with Crippen molar-refractivity contribution in [1.82, 2.24) is 0 Å². The molecule has 0 aliphatic heterocycles. The monoisotopic (exact) mass is 764 g/mol. The molecule has 0 radical (unpaired) electrons. The van der Waals surface area contributed by atoms with Crippen LogP contribution in [-0.4, -0.2) is 45.6 Å². The minimum atomic E-state index is -1.11. The Labute approximate surface area is 332 Å². The zero-order chi connectivity index (χ0) is 41.7. The second-order valence-electron chi connectivity index (χ2n) is 19.6. The van der Waals surface area contributed by atoms with Crippen LogP contribution >= 0.6 is 0 Å². The normalized spacial score (nSPS) is 13.6. The van der Waals surface area contributed by atoms with Crippen molar-refractivity contribution in [2.24, 2.45) is 0 Å². The van der Waals surface area contributed by atoms with E-state index in [2.05, 4.69) is 83.1 Å². The highest BCUT2D eigenvalue weighted by Crippen LogP contribution is 2.43. The molecule has 8 nitrogen and oxygen atoms in total. The summed E-state index contributed by atoms with van der Waals surface area (Å²) in [6.45, 7) is 24.3. The molecule has 0 heterocycles. The number of hydrogen-bond donors (Lipinski definition) is 4. The van der Waals surface area contributed by atoms with Crippen molar-refractivity contribution in [2.45, 2.75) is 130 Å². The maximum Gasteiger partial charge on any atom is 0.341 e. The number of phenols is 2. The minimum absolute atomic E-state index is 0.0987. The highest BCUT2D eigenvalue weighted by Gasteiger charge is 2.29. The van der Waals surface area contributed by atoms with Gasteiger partial charge in [0.25, 0.3) is 0 Å². The highest BCUT2D eigenvalue weighted by atomic mass is 16.5. The summed E-state index contributed by atoms with van der Waals surface area (Å²) in [6, 6.07) is 16.2. The van der Waals surface area contributed by atoms with E-state index in [0.29, 0.717) is 33.8 Å². The summed E-state index contributed by atoms with van der Waals surface area (Å²) in [5, 5.41) is 44.1. The third kappa shape index (κ3) is 9.51. The number of carboxylic acid groups (broad SMARTS) is 2. The molecule has 0 unspecified atom stereocenters. The third-order valence-electron chi connectivity index (χ3n) is 10.7. The molecule has 0 atom stereocenters. The molecule has 300 valence electrons. The van der Waals surface area contributed by atoms with Crippen LogP contribution in [0.1, 0.15) is 150 Å². The van der Waals surface area contributed by atoms with Crippen molar-refractivity contribution < 1.29 is 39.5 Å². The van der Waals surface area contributed by atoms with E-state index in [9.17, 15) is 30.0 Å². The topological polar surface area (TPSA) is 134 Å². The van der Waals surface area contributed by atoms with Gasteiger partial charge in [0.05, 0.1) is 0 Å². The van der Waals surface area contributed by atoms with E-state index in [4.69, 9.17) is 9.47 Å². The van der Waals surface area contributed by atoms with Gasteiger partial charge >= 0.3 is 11.9 Å². The van der Waals surface area contributed by atoms with Crippen molar-refractivity contribution >= 4 is 11.9 Å². The van der Waals surface area contributed by atoms with E-state index in [1.165, 1.54) is 0 Å². The number of aliphatic carboxylic acids is 2. The lowest BCUT2D eigenvalue weighted by Crippen LogP contribution is -2.18. The summed E-state index contributed by atoms with van der Waals surface area (Å²) in [5.41, 5.74) is 8.32. The number of phenolic OH excluding ortho intramolecular Hbond substituents is 2. The summed E-state index contributed by atoms with van der Waals surface area (Å²) < 4.78 is 12.4. The average Bonchev–Trinajstić information content (AvgIpc) is 3.04. The van der Waals surface area contributed by atoms with Crippen molar-refractivity contribution in [2.75, 3.05) is 13.2 Å². The first-order valence-corrected chi connectivity index (χ1v) is 19.4. The summed E-state index contributed by atoms with van der Waals surface area (Å²) in [4.78, 5) is 24.0. The molecule has 1 aliphatic carbocycles. The van der Waals surface area contributed by atoms with E-state index in [1.54, 1.807) is 0 Å². The fourth-order valence-electron chi connectivity index (χ4n) is 7.28. The minimum Gasteiger partial charge on any atom is -0.507 e. The number of ether oxygens (including phenoxy) is 2. The zero-order valence-corrected chi connectivity index (χ0v) is 35.3. The number of carbonyl (C=O) groups is 2. The molecule has 56 heavy (non-hydrogen) atoms. The average molecular weight is 765 g/mol. The standard InChI is InChI=1S/C48H60O8/c1-45(2,3)35-17-27-13-31-21-37(47(7,8)9)23-33(43(31)55-25-39(49)50)15-29-19-36(46(4,5)6)20-30(42(29)54)16-34-24-38(48(10,11)12)22-32(14-28(18-35)41(27)53)44(34)56-26-40(51)52/h17-24,53-54H,13-16,25-26H2,1-12H3,(H,49,50)(H,51,52). The molecule has 8 heteroatoms. The van der Waals surface area contributed by atoms with Gasteiger partial charge in [0.2, 0.25) is 0 Å². The Balaban J connectivity index is 1.96. The Morgan fingerprint density at radius 3 is 0.804 bits per heavy atom. The van der Waals surface area contributed by atoms with Gasteiger partial charge in [-0.1, -0.05) is 132 Å². The van der Waals surface area contributed by atoms with E-state index in [-0.39, 0.29) is 58.8 Å². The molecule has 4 N–H and O–H groups in total. The van der Waals surface area contributed by atoms with E-state index >= 15 is 0 Å². The van der Waals surface area contributed by atoms with Crippen molar-refractivity contribution in [3.05, 3.63) is 115 Å². The highest BCUT2D eigenvalue weighted by molar-refractivity contribution is 5.69. The number of rotatable bonds is 6. The van der Waals surface area contributed by atoms with E-state index in [1.807, 2.05) is 48.5 Å². The molecule has 0 amide bonds. The smallest absolute Gasteiger partial charge is 0.341 e. The molecule has 0 fully saturated rings. The molecular weight excluding hydrogens is 705 g/mol. The van der Waals surface area contributed by atoms with Gasteiger partial charge < -0.3 is 29.9 Å². The molecule has 4 aromatic carbocycles. The van der Waals surface area contributed by atoms with Crippen LogP contribution < -0.4 is 9.47 Å². The Kier molecular flexibility index (Phi) is 11.4. The molecule has 0 spiro atoms. The lowest BCUT2D eigenvalue weighted by molar-refractivity contribution is -0.140. The van der Waals surface area contributed by atoms with Crippen LogP contribution in [0, 0.1) is 0 Å². The van der Waals surface area contributed by atoms with Crippen LogP contribution in [0.15, 0.2) is 48.5 Å². The lowest BCUT2D eigenvalue weighted by atomic mass is 9.79. The van der Waals surface area contributed by atoms with Gasteiger partial charge in [-0.2, -0.15) is 0 Å². The Bertz CT molecular complexity index is 1910. The summed E-state index contributed by atoms with van der Waals surface area (Å²) >= 11 is 0. The van der Waals surface area contributed by atoms with Gasteiger partial charge in [-0.25, -0.2) is 9.59 Å². The number of fused-ring (bicyclic) bond motifs is 8. The number of aromatic hydroxyl groups is 2. The van der Waals surface area contributed by atoms with Crippen molar-refractivity contribution in [3.8, 4) is 23.0 Å². The van der Waals surface area contributed by atoms with Gasteiger partial charge in [0, 0.05) is 25.7 Å². The molecule has 0 saturated heterocycles. The van der Waals surface area contributed by atoms with E-state index in [0.717, 1.165) is 44.5 Å². The Morgan fingerprint density at radius 2 is 0.625 bits per heavy atom. The fraction of sp³-hybridized carbons (Fsp3) is 0.458. The van der Waals surface area contributed by atoms with Crippen LogP contribution in [0.4, 0.5) is 0 Å². The first-order chi connectivity index (χ1) is 25.7. The van der Waals surface area contributed by atoms with Gasteiger partial charge in [0.1, 0.15) is 23.0 Å². The fourth-order valence-corrected chi connectivity index (χ4v) is 7.28. The molecule has 5 rings (SSSR count). The first kappa shape index (κ1) is 42.2. The second-order valence-corrected chi connectivity index (χ2v) is 19.6. The molecule has 0 saturated carbocycles. The predicted molar refractivity (Wildman–Crippen MR) is 221 cm³/mol. The zero-order valence-electron chi connectivity index (χ0n) is 35.3. The second kappa shape index (κ2) is 15.2. The molecule has 4 aromatic rings. The quantitative estimate of drug-likeness (QED) is 0.134. The summed E-state index contributed by atoms with van der Waals surface area (Å²) in [7, 11) is 0. The molecule has 8 bridgehead atoms. The van der Waals surface area contributed by atoms with Gasteiger partial charge in [0.15, 0.2) is 13.2 Å². The lowest BCUT2D eigenvalue weighted by Gasteiger charge is -2.28. The van der Waals surface area contributed by atoms with Crippen LogP contribution in [0.2, 0.25) is 0 Å². The van der Waals surface area contributed by atoms with Gasteiger partial charge in [-0.3, -0.25) is 0 Å². The van der Waals surface area contributed by atoms with E-state index < -0.39 is 25.2 Å². The summed E-state index contributed by atoms with van der Waals surface area (Å²) in [5.74, 6) is -1.19. The molecule has 0 aromatic heterocycles. The molecular formula is C48H60O8. The van der Waals surface area contributed by atoms with Crippen LogP contribution in [0.5, 0.6) is 23.0 Å². The van der Waals surface area contributed by atoms with Crippen molar-refractivity contribution in [3.63, 3.8) is 0 Å². The largest absolute Gasteiger partial charge is 0.507 e. The predicted octanol–water partition coefficient (Wildman–Crippen LogP) is 9.89. The van der Waals surface area contributed by atoms with Crippen molar-refractivity contribution in [1.29, 1.82) is 0 Å². The SMILES string of the molecule is CC(C)(C)c1cc2c(O)c(c1)Cc1cc(C(C)(C)C)cc(c1OCC(=O)O)Cc1cc(C(C)(C)C)cc(c1O)Cc1cc(C(C)(C)C)cc(c1OCC(=O)O)C2. The third-order valence-corrected chi connectivity index (χ3v) is 10.7. The molecule has 1 aliphatic rings.